The zero-order valence-electron chi connectivity index (χ0n) is 15.4. The number of carbonyl (C=O) groups excluding carboxylic acids is 1. The van der Waals surface area contributed by atoms with Crippen molar-refractivity contribution in [2.75, 3.05) is 32.0 Å². The molecule has 0 fully saturated rings. The van der Waals surface area contributed by atoms with Crippen LogP contribution in [-0.4, -0.2) is 42.5 Å². The molecule has 0 aliphatic rings. The van der Waals surface area contributed by atoms with Crippen LogP contribution in [-0.2, 0) is 6.54 Å². The Balaban J connectivity index is 1.85. The van der Waals surface area contributed by atoms with Crippen molar-refractivity contribution in [2.24, 2.45) is 0 Å². The number of hydrogen-bond acceptors (Lipinski definition) is 8. The van der Waals surface area contributed by atoms with Crippen molar-refractivity contribution < 1.29 is 18.9 Å². The molecule has 0 unspecified atom stereocenters. The van der Waals surface area contributed by atoms with E-state index in [-0.39, 0.29) is 11.5 Å². The number of nitrogen functional groups attached to an aromatic ring is 1. The first-order valence-corrected chi connectivity index (χ1v) is 9.09. The smallest absolute Gasteiger partial charge is 0.277 e. The molecule has 148 valence electrons. The van der Waals surface area contributed by atoms with Gasteiger partial charge in [0, 0.05) is 30.7 Å². The molecule has 1 aromatic heterocycles. The largest absolute Gasteiger partial charge is 0.490 e. The van der Waals surface area contributed by atoms with Crippen molar-refractivity contribution in [2.45, 2.75) is 26.8 Å². The van der Waals surface area contributed by atoms with Crippen molar-refractivity contribution in [3.05, 3.63) is 28.4 Å². The Morgan fingerprint density at radius 1 is 1.22 bits per heavy atom. The summed E-state index contributed by atoms with van der Waals surface area (Å²) in [6.07, 6.45) is 0.897. The van der Waals surface area contributed by atoms with E-state index in [2.05, 4.69) is 25.6 Å². The number of halogens is 1. The normalized spacial score (nSPS) is 10.6. The van der Waals surface area contributed by atoms with Crippen LogP contribution in [0.3, 0.4) is 0 Å². The summed E-state index contributed by atoms with van der Waals surface area (Å²) < 4.78 is 15.7. The van der Waals surface area contributed by atoms with Gasteiger partial charge in [0.15, 0.2) is 11.5 Å². The van der Waals surface area contributed by atoms with Crippen LogP contribution in [0.2, 0.25) is 5.02 Å². The fraction of sp³-hybridized carbons (Fsp3) is 0.471. The van der Waals surface area contributed by atoms with Gasteiger partial charge in [0.2, 0.25) is 11.5 Å². The Morgan fingerprint density at radius 2 is 2.00 bits per heavy atom. The highest BCUT2D eigenvalue weighted by Crippen LogP contribution is 2.33. The van der Waals surface area contributed by atoms with E-state index in [4.69, 9.17) is 26.8 Å². The van der Waals surface area contributed by atoms with Gasteiger partial charge in [0.1, 0.15) is 0 Å². The lowest BCUT2D eigenvalue weighted by molar-refractivity contribution is 0.0944. The molecule has 0 aliphatic heterocycles. The van der Waals surface area contributed by atoms with Gasteiger partial charge < -0.3 is 25.8 Å². The summed E-state index contributed by atoms with van der Waals surface area (Å²) in [5, 5.41) is 13.3. The molecule has 1 amide bonds. The minimum Gasteiger partial charge on any atom is -0.490 e. The topological polar surface area (TPSA) is 125 Å². The average molecular weight is 398 g/mol. The van der Waals surface area contributed by atoms with Crippen molar-refractivity contribution in [1.82, 2.24) is 20.9 Å². The number of rotatable bonds is 11. The maximum atomic E-state index is 11.8. The van der Waals surface area contributed by atoms with Crippen LogP contribution in [0.25, 0.3) is 0 Å². The fourth-order valence-electron chi connectivity index (χ4n) is 2.23. The third-order valence-corrected chi connectivity index (χ3v) is 3.86. The van der Waals surface area contributed by atoms with Gasteiger partial charge in [-0.3, -0.25) is 4.79 Å². The maximum absolute atomic E-state index is 11.8. The Kier molecular flexibility index (Phi) is 8.15. The Morgan fingerprint density at radius 3 is 2.67 bits per heavy atom. The molecule has 1 aromatic carbocycles. The second kappa shape index (κ2) is 10.6. The van der Waals surface area contributed by atoms with Gasteiger partial charge in [0.05, 0.1) is 13.2 Å². The van der Waals surface area contributed by atoms with E-state index in [1.807, 2.05) is 19.9 Å². The predicted molar refractivity (Wildman–Crippen MR) is 101 cm³/mol. The SMILES string of the molecule is CCCOc1cc(Cl)c(CNCCNC(=O)c2nonc2N)cc1OCC. The van der Waals surface area contributed by atoms with Crippen LogP contribution in [0.1, 0.15) is 36.3 Å². The number of anilines is 1. The minimum absolute atomic E-state index is 0.0259. The summed E-state index contributed by atoms with van der Waals surface area (Å²) in [5.41, 5.74) is 6.31. The fourth-order valence-corrected chi connectivity index (χ4v) is 2.45. The predicted octanol–water partition coefficient (Wildman–Crippen LogP) is 2.01. The number of aromatic nitrogens is 2. The van der Waals surface area contributed by atoms with E-state index < -0.39 is 5.91 Å². The highest BCUT2D eigenvalue weighted by atomic mass is 35.5. The van der Waals surface area contributed by atoms with Crippen LogP contribution in [0.15, 0.2) is 16.8 Å². The summed E-state index contributed by atoms with van der Waals surface area (Å²) in [4.78, 5) is 11.8. The lowest BCUT2D eigenvalue weighted by Crippen LogP contribution is -2.32. The van der Waals surface area contributed by atoms with Crippen LogP contribution < -0.4 is 25.8 Å². The number of nitrogens with zero attached hydrogens (tertiary/aromatic N) is 2. The number of ether oxygens (including phenoxy) is 2. The van der Waals surface area contributed by atoms with E-state index in [0.717, 1.165) is 12.0 Å². The maximum Gasteiger partial charge on any atom is 0.277 e. The summed E-state index contributed by atoms with van der Waals surface area (Å²) >= 11 is 6.34. The number of hydrogen-bond donors (Lipinski definition) is 3. The quantitative estimate of drug-likeness (QED) is 0.492. The summed E-state index contributed by atoms with van der Waals surface area (Å²) in [5.74, 6) is 0.818. The molecule has 2 rings (SSSR count). The van der Waals surface area contributed by atoms with E-state index in [0.29, 0.717) is 49.4 Å². The van der Waals surface area contributed by atoms with Crippen LogP contribution >= 0.6 is 11.6 Å². The first-order chi connectivity index (χ1) is 13.1. The lowest BCUT2D eigenvalue weighted by atomic mass is 10.2. The molecule has 27 heavy (non-hydrogen) atoms. The van der Waals surface area contributed by atoms with Gasteiger partial charge in [-0.2, -0.15) is 0 Å². The van der Waals surface area contributed by atoms with E-state index in [9.17, 15) is 4.79 Å². The molecule has 0 saturated heterocycles. The second-order valence-corrected chi connectivity index (χ2v) is 6.01. The standard InChI is InChI=1S/C17H24ClN5O4/c1-3-7-26-14-9-12(18)11(8-13(14)25-4-2)10-20-5-6-21-17(24)15-16(19)23-27-22-15/h8-9,20H,3-7,10H2,1-2H3,(H2,19,23)(H,21,24). The van der Waals surface area contributed by atoms with Crippen LogP contribution in [0, 0.1) is 0 Å². The molecule has 2 aromatic rings. The Hall–Kier alpha value is -2.52. The molecule has 4 N–H and O–H groups in total. The summed E-state index contributed by atoms with van der Waals surface area (Å²) in [7, 11) is 0. The van der Waals surface area contributed by atoms with E-state index in [1.165, 1.54) is 0 Å². The van der Waals surface area contributed by atoms with Gasteiger partial charge in [-0.05, 0) is 35.3 Å². The number of carbonyl (C=O) groups is 1. The molecule has 0 spiro atoms. The minimum atomic E-state index is -0.440. The molecule has 9 nitrogen and oxygen atoms in total. The monoisotopic (exact) mass is 397 g/mol. The molecule has 0 aliphatic carbocycles. The molecular weight excluding hydrogens is 374 g/mol. The van der Waals surface area contributed by atoms with Crippen LogP contribution in [0.5, 0.6) is 11.5 Å². The highest BCUT2D eigenvalue weighted by molar-refractivity contribution is 6.31. The highest BCUT2D eigenvalue weighted by Gasteiger charge is 2.15. The van der Waals surface area contributed by atoms with Gasteiger partial charge >= 0.3 is 0 Å². The third kappa shape index (κ3) is 6.00. The number of amides is 1. The summed E-state index contributed by atoms with van der Waals surface area (Å²) in [6.45, 7) is 6.48. The number of nitrogens with one attached hydrogen (secondary N) is 2. The summed E-state index contributed by atoms with van der Waals surface area (Å²) in [6, 6.07) is 3.63. The molecular formula is C17H24ClN5O4. The van der Waals surface area contributed by atoms with Crippen molar-refractivity contribution in [3.8, 4) is 11.5 Å². The van der Waals surface area contributed by atoms with Crippen LogP contribution in [0.4, 0.5) is 5.82 Å². The first kappa shape index (κ1) is 20.8. The number of benzene rings is 1. The molecule has 0 radical (unpaired) electrons. The van der Waals surface area contributed by atoms with Crippen molar-refractivity contribution in [1.29, 1.82) is 0 Å². The molecule has 0 atom stereocenters. The second-order valence-electron chi connectivity index (χ2n) is 5.60. The molecule has 1 heterocycles. The van der Waals surface area contributed by atoms with Crippen molar-refractivity contribution >= 4 is 23.3 Å². The van der Waals surface area contributed by atoms with Gasteiger partial charge in [0.25, 0.3) is 5.91 Å². The van der Waals surface area contributed by atoms with E-state index >= 15 is 0 Å². The zero-order valence-corrected chi connectivity index (χ0v) is 16.1. The number of nitrogens with two attached hydrogens (primary N) is 1. The lowest BCUT2D eigenvalue weighted by Gasteiger charge is -2.15. The third-order valence-electron chi connectivity index (χ3n) is 3.51. The Bertz CT molecular complexity index is 753. The van der Waals surface area contributed by atoms with E-state index in [1.54, 1.807) is 6.07 Å². The first-order valence-electron chi connectivity index (χ1n) is 8.71. The van der Waals surface area contributed by atoms with Gasteiger partial charge in [-0.15, -0.1) is 0 Å². The zero-order chi connectivity index (χ0) is 19.6. The van der Waals surface area contributed by atoms with Crippen molar-refractivity contribution in [3.63, 3.8) is 0 Å². The molecule has 0 saturated carbocycles. The molecule has 10 heteroatoms. The average Bonchev–Trinajstić information content (AvgIpc) is 3.08. The van der Waals surface area contributed by atoms with Gasteiger partial charge in [-0.1, -0.05) is 18.5 Å². The Labute approximate surface area is 162 Å². The molecule has 0 bridgehead atoms. The van der Waals surface area contributed by atoms with Gasteiger partial charge in [-0.25, -0.2) is 4.63 Å².